The average molecular weight is 344 g/mol. The third-order valence-corrected chi connectivity index (χ3v) is 2.91. The molecule has 0 aliphatic heterocycles. The fourth-order valence-electron chi connectivity index (χ4n) is 1.87. The number of hydrogen-bond donors (Lipinski definition) is 1. The molecule has 0 unspecified atom stereocenters. The Kier molecular flexibility index (Phi) is 6.76. The lowest BCUT2D eigenvalue weighted by Gasteiger charge is -2.11. The summed E-state index contributed by atoms with van der Waals surface area (Å²) >= 11 is 0. The highest BCUT2D eigenvalue weighted by atomic mass is 16.6. The van der Waals surface area contributed by atoms with Gasteiger partial charge in [-0.2, -0.15) is 0 Å². The van der Waals surface area contributed by atoms with Gasteiger partial charge in [-0.25, -0.2) is 9.78 Å². The van der Waals surface area contributed by atoms with E-state index >= 15 is 0 Å². The quantitative estimate of drug-likeness (QED) is 0.777. The van der Waals surface area contributed by atoms with Gasteiger partial charge in [-0.1, -0.05) is 30.3 Å². The van der Waals surface area contributed by atoms with Gasteiger partial charge in [-0.05, 0) is 31.5 Å². The standard InChI is InChI=1S/C18H20N2O5/c1-13(2)24-16(21)11-20-18(22)25-17-15(9-6-10-19-17)23-12-14-7-4-3-5-8-14/h3-10,13H,11-12H2,1-2H3,(H,20,22). The number of nitrogens with zero attached hydrogens (tertiary/aromatic N) is 1. The lowest BCUT2D eigenvalue weighted by molar-refractivity contribution is -0.146. The molecule has 2 rings (SSSR count). The Morgan fingerprint density at radius 1 is 1.12 bits per heavy atom. The van der Waals surface area contributed by atoms with Crippen LogP contribution in [0.1, 0.15) is 19.4 Å². The first-order valence-corrected chi connectivity index (χ1v) is 7.81. The zero-order valence-corrected chi connectivity index (χ0v) is 14.1. The zero-order chi connectivity index (χ0) is 18.1. The zero-order valence-electron chi connectivity index (χ0n) is 14.1. The molecule has 0 fully saturated rings. The fourth-order valence-corrected chi connectivity index (χ4v) is 1.87. The summed E-state index contributed by atoms with van der Waals surface area (Å²) in [4.78, 5) is 27.2. The minimum atomic E-state index is -0.816. The molecule has 132 valence electrons. The van der Waals surface area contributed by atoms with Crippen LogP contribution in [0, 0.1) is 0 Å². The summed E-state index contributed by atoms with van der Waals surface area (Å²) in [6.45, 7) is 3.47. The van der Waals surface area contributed by atoms with E-state index in [0.29, 0.717) is 12.4 Å². The van der Waals surface area contributed by atoms with E-state index in [-0.39, 0.29) is 18.5 Å². The summed E-state index contributed by atoms with van der Waals surface area (Å²) in [5.74, 6) is -0.201. The summed E-state index contributed by atoms with van der Waals surface area (Å²) in [5.41, 5.74) is 0.971. The van der Waals surface area contributed by atoms with Crippen molar-refractivity contribution in [3.8, 4) is 11.6 Å². The molecule has 0 saturated heterocycles. The molecular formula is C18H20N2O5. The molecule has 0 radical (unpaired) electrons. The van der Waals surface area contributed by atoms with Crippen LogP contribution in [0.25, 0.3) is 0 Å². The summed E-state index contributed by atoms with van der Waals surface area (Å²) in [7, 11) is 0. The molecule has 7 heteroatoms. The number of ether oxygens (including phenoxy) is 3. The summed E-state index contributed by atoms with van der Waals surface area (Å²) < 4.78 is 15.7. The summed E-state index contributed by atoms with van der Waals surface area (Å²) in [6, 6.07) is 12.9. The minimum Gasteiger partial charge on any atom is -0.483 e. The van der Waals surface area contributed by atoms with Crippen molar-refractivity contribution in [1.29, 1.82) is 0 Å². The molecular weight excluding hydrogens is 324 g/mol. The van der Waals surface area contributed by atoms with Gasteiger partial charge in [0.1, 0.15) is 13.2 Å². The minimum absolute atomic E-state index is 0.0214. The van der Waals surface area contributed by atoms with Crippen LogP contribution in [0.15, 0.2) is 48.7 Å². The van der Waals surface area contributed by atoms with Crippen molar-refractivity contribution in [3.63, 3.8) is 0 Å². The van der Waals surface area contributed by atoms with E-state index in [1.54, 1.807) is 26.0 Å². The number of pyridine rings is 1. The topological polar surface area (TPSA) is 86.8 Å². The van der Waals surface area contributed by atoms with Crippen LogP contribution in [-0.4, -0.2) is 29.7 Å². The Hall–Kier alpha value is -3.09. The second-order valence-corrected chi connectivity index (χ2v) is 5.36. The molecule has 7 nitrogen and oxygen atoms in total. The fraction of sp³-hybridized carbons (Fsp3) is 0.278. The Morgan fingerprint density at radius 2 is 1.88 bits per heavy atom. The maximum atomic E-state index is 11.8. The van der Waals surface area contributed by atoms with Crippen molar-refractivity contribution in [2.45, 2.75) is 26.6 Å². The van der Waals surface area contributed by atoms with Gasteiger partial charge in [0.2, 0.25) is 0 Å². The number of aromatic nitrogens is 1. The number of carbonyl (C=O) groups is 2. The molecule has 0 saturated carbocycles. The van der Waals surface area contributed by atoms with Crippen molar-refractivity contribution < 1.29 is 23.8 Å². The van der Waals surface area contributed by atoms with Gasteiger partial charge in [0.25, 0.3) is 5.88 Å². The molecule has 2 aromatic rings. The van der Waals surface area contributed by atoms with Gasteiger partial charge >= 0.3 is 12.1 Å². The first-order valence-electron chi connectivity index (χ1n) is 7.81. The van der Waals surface area contributed by atoms with Gasteiger partial charge in [0.05, 0.1) is 6.10 Å². The molecule has 1 amide bonds. The third kappa shape index (κ3) is 6.50. The van der Waals surface area contributed by atoms with E-state index in [4.69, 9.17) is 14.2 Å². The lowest BCUT2D eigenvalue weighted by atomic mass is 10.2. The number of amides is 1. The maximum absolute atomic E-state index is 11.8. The van der Waals surface area contributed by atoms with Crippen molar-refractivity contribution >= 4 is 12.1 Å². The van der Waals surface area contributed by atoms with Gasteiger partial charge in [0.15, 0.2) is 5.75 Å². The molecule has 1 aromatic carbocycles. The average Bonchev–Trinajstić information content (AvgIpc) is 2.59. The van der Waals surface area contributed by atoms with Gasteiger partial charge in [0, 0.05) is 6.20 Å². The number of hydrogen-bond acceptors (Lipinski definition) is 6. The Bertz CT molecular complexity index is 704. The van der Waals surface area contributed by atoms with E-state index in [2.05, 4.69) is 10.3 Å². The van der Waals surface area contributed by atoms with Gasteiger partial charge < -0.3 is 19.5 Å². The van der Waals surface area contributed by atoms with Crippen LogP contribution >= 0.6 is 0 Å². The van der Waals surface area contributed by atoms with Crippen LogP contribution in [0.5, 0.6) is 11.6 Å². The number of benzene rings is 1. The predicted molar refractivity (Wildman–Crippen MR) is 90.3 cm³/mol. The molecule has 25 heavy (non-hydrogen) atoms. The Morgan fingerprint density at radius 3 is 2.60 bits per heavy atom. The molecule has 0 aliphatic rings. The van der Waals surface area contributed by atoms with Crippen LogP contribution in [0.2, 0.25) is 0 Å². The molecule has 1 aromatic heterocycles. The van der Waals surface area contributed by atoms with Crippen molar-refractivity contribution in [1.82, 2.24) is 10.3 Å². The first-order chi connectivity index (χ1) is 12.0. The largest absolute Gasteiger partial charge is 0.483 e. The second kappa shape index (κ2) is 9.27. The van der Waals surface area contributed by atoms with Crippen molar-refractivity contribution in [2.75, 3.05) is 6.54 Å². The Labute approximate surface area is 145 Å². The number of nitrogens with one attached hydrogen (secondary N) is 1. The van der Waals surface area contributed by atoms with E-state index < -0.39 is 12.1 Å². The van der Waals surface area contributed by atoms with Gasteiger partial charge in [-0.3, -0.25) is 4.79 Å². The summed E-state index contributed by atoms with van der Waals surface area (Å²) in [5, 5.41) is 2.31. The smallest absolute Gasteiger partial charge is 0.414 e. The van der Waals surface area contributed by atoms with Crippen LogP contribution in [0.3, 0.4) is 0 Å². The highest BCUT2D eigenvalue weighted by molar-refractivity contribution is 5.79. The molecule has 0 bridgehead atoms. The lowest BCUT2D eigenvalue weighted by Crippen LogP contribution is -2.33. The Balaban J connectivity index is 1.89. The molecule has 1 heterocycles. The number of carbonyl (C=O) groups excluding carboxylic acids is 2. The normalized spacial score (nSPS) is 10.2. The van der Waals surface area contributed by atoms with Crippen LogP contribution < -0.4 is 14.8 Å². The van der Waals surface area contributed by atoms with Gasteiger partial charge in [-0.15, -0.1) is 0 Å². The van der Waals surface area contributed by atoms with E-state index in [9.17, 15) is 9.59 Å². The highest BCUT2D eigenvalue weighted by Gasteiger charge is 2.13. The number of rotatable bonds is 7. The predicted octanol–water partition coefficient (Wildman–Crippen LogP) is 2.70. The van der Waals surface area contributed by atoms with Crippen molar-refractivity contribution in [2.24, 2.45) is 0 Å². The first kappa shape index (κ1) is 18.3. The molecule has 0 atom stereocenters. The summed E-state index contributed by atoms with van der Waals surface area (Å²) in [6.07, 6.45) is 0.411. The number of esters is 1. The monoisotopic (exact) mass is 344 g/mol. The SMILES string of the molecule is CC(C)OC(=O)CNC(=O)Oc1ncccc1OCc1ccccc1. The molecule has 0 aliphatic carbocycles. The van der Waals surface area contributed by atoms with Crippen molar-refractivity contribution in [3.05, 3.63) is 54.2 Å². The van der Waals surface area contributed by atoms with E-state index in [0.717, 1.165) is 5.56 Å². The van der Waals surface area contributed by atoms with E-state index in [1.807, 2.05) is 30.3 Å². The second-order valence-electron chi connectivity index (χ2n) is 5.36. The molecule has 1 N–H and O–H groups in total. The maximum Gasteiger partial charge on any atom is 0.414 e. The van der Waals surface area contributed by atoms with Crippen LogP contribution in [-0.2, 0) is 16.1 Å². The molecule has 0 spiro atoms. The van der Waals surface area contributed by atoms with E-state index in [1.165, 1.54) is 6.20 Å². The highest BCUT2D eigenvalue weighted by Crippen LogP contribution is 2.24. The van der Waals surface area contributed by atoms with Crippen LogP contribution in [0.4, 0.5) is 4.79 Å². The third-order valence-electron chi connectivity index (χ3n) is 2.91.